The van der Waals surface area contributed by atoms with E-state index in [-0.39, 0.29) is 10.6 Å². The van der Waals surface area contributed by atoms with E-state index in [0.29, 0.717) is 9.67 Å². The average molecular weight is 305 g/mol. The highest BCUT2D eigenvalue weighted by Crippen LogP contribution is 2.30. The van der Waals surface area contributed by atoms with Gasteiger partial charge in [-0.25, -0.2) is 0 Å². The highest BCUT2D eigenvalue weighted by Gasteiger charge is 2.24. The molecule has 4 nitrogen and oxygen atoms in total. The number of nitrogens with zero attached hydrogens (tertiary/aromatic N) is 1. The minimum Gasteiger partial charge on any atom is -0.490 e. The molecule has 0 atom stereocenters. The second kappa shape index (κ2) is 3.72. The van der Waals surface area contributed by atoms with Crippen LogP contribution >= 0.6 is 22.6 Å². The Labute approximate surface area is 94.5 Å². The summed E-state index contributed by atoms with van der Waals surface area (Å²) in [6.45, 7) is 0. The van der Waals surface area contributed by atoms with Gasteiger partial charge < -0.3 is 4.74 Å². The van der Waals surface area contributed by atoms with Crippen molar-refractivity contribution in [2.24, 2.45) is 0 Å². The highest BCUT2D eigenvalue weighted by atomic mass is 127. The first-order valence-corrected chi connectivity index (χ1v) is 5.35. The zero-order chi connectivity index (χ0) is 10.1. The molecule has 5 heteroatoms. The van der Waals surface area contributed by atoms with Crippen LogP contribution in [0.25, 0.3) is 0 Å². The molecular weight excluding hydrogens is 297 g/mol. The molecule has 0 radical (unpaired) electrons. The summed E-state index contributed by atoms with van der Waals surface area (Å²) in [7, 11) is 0. The molecule has 14 heavy (non-hydrogen) atoms. The van der Waals surface area contributed by atoms with Gasteiger partial charge in [0.1, 0.15) is 5.75 Å². The molecule has 0 aromatic heterocycles. The van der Waals surface area contributed by atoms with E-state index in [1.165, 1.54) is 6.07 Å². The minimum atomic E-state index is -0.386. The van der Waals surface area contributed by atoms with E-state index >= 15 is 0 Å². The fourth-order valence-corrected chi connectivity index (χ4v) is 1.77. The summed E-state index contributed by atoms with van der Waals surface area (Å²) in [6, 6.07) is 4.84. The smallest absolute Gasteiger partial charge is 0.282 e. The topological polar surface area (TPSA) is 52.4 Å². The number of benzene rings is 1. The molecule has 0 unspecified atom stereocenters. The summed E-state index contributed by atoms with van der Waals surface area (Å²) in [6.07, 6.45) is 2.51. The van der Waals surface area contributed by atoms with Crippen molar-refractivity contribution in [1.29, 1.82) is 0 Å². The van der Waals surface area contributed by atoms with Crippen molar-refractivity contribution in [3.63, 3.8) is 0 Å². The molecular formula is C9H8INO3. The van der Waals surface area contributed by atoms with E-state index < -0.39 is 0 Å². The number of hydrogen-bond acceptors (Lipinski definition) is 3. The summed E-state index contributed by atoms with van der Waals surface area (Å²) in [5.41, 5.74) is 0.133. The van der Waals surface area contributed by atoms with Crippen LogP contribution in [-0.2, 0) is 0 Å². The SMILES string of the molecule is O=[N+]([O-])c1ccc(OC2CC2)cc1I. The maximum Gasteiger partial charge on any atom is 0.282 e. The van der Waals surface area contributed by atoms with Gasteiger partial charge in [0, 0.05) is 12.1 Å². The second-order valence-corrected chi connectivity index (χ2v) is 4.35. The Hall–Kier alpha value is -0.850. The number of nitro groups is 1. The van der Waals surface area contributed by atoms with Gasteiger partial charge in [-0.2, -0.15) is 0 Å². The lowest BCUT2D eigenvalue weighted by Gasteiger charge is -2.04. The molecule has 1 fully saturated rings. The summed E-state index contributed by atoms with van der Waals surface area (Å²) >= 11 is 1.95. The van der Waals surface area contributed by atoms with Gasteiger partial charge in [-0.3, -0.25) is 10.1 Å². The van der Waals surface area contributed by atoms with E-state index in [0.717, 1.165) is 18.6 Å². The predicted molar refractivity (Wildman–Crippen MR) is 59.5 cm³/mol. The van der Waals surface area contributed by atoms with Gasteiger partial charge in [-0.1, -0.05) is 0 Å². The molecule has 74 valence electrons. The first kappa shape index (κ1) is 9.70. The van der Waals surface area contributed by atoms with E-state index in [9.17, 15) is 10.1 Å². The lowest BCUT2D eigenvalue weighted by atomic mass is 10.3. The van der Waals surface area contributed by atoms with Gasteiger partial charge in [0.25, 0.3) is 5.69 Å². The van der Waals surface area contributed by atoms with E-state index in [1.54, 1.807) is 12.1 Å². The third kappa shape index (κ3) is 2.14. The van der Waals surface area contributed by atoms with Crippen LogP contribution in [0.1, 0.15) is 12.8 Å². The molecule has 0 bridgehead atoms. The van der Waals surface area contributed by atoms with E-state index in [2.05, 4.69) is 0 Å². The summed E-state index contributed by atoms with van der Waals surface area (Å²) < 4.78 is 6.13. The summed E-state index contributed by atoms with van der Waals surface area (Å²) in [5.74, 6) is 0.725. The molecule has 0 amide bonds. The Morgan fingerprint density at radius 3 is 2.71 bits per heavy atom. The van der Waals surface area contributed by atoms with Gasteiger partial charge in [-0.15, -0.1) is 0 Å². The largest absolute Gasteiger partial charge is 0.490 e. The fourth-order valence-electron chi connectivity index (χ4n) is 1.09. The third-order valence-electron chi connectivity index (χ3n) is 1.94. The molecule has 0 saturated heterocycles. The molecule has 0 heterocycles. The Bertz CT molecular complexity index is 376. The van der Waals surface area contributed by atoms with Crippen LogP contribution in [-0.4, -0.2) is 11.0 Å². The molecule has 0 aliphatic heterocycles. The standard InChI is InChI=1S/C9H8INO3/c10-8-5-7(14-6-1-2-6)3-4-9(8)11(12)13/h3-6H,1-2H2. The first-order chi connectivity index (χ1) is 6.66. The highest BCUT2D eigenvalue weighted by molar-refractivity contribution is 14.1. The maximum absolute atomic E-state index is 10.5. The van der Waals surface area contributed by atoms with Gasteiger partial charge in [0.2, 0.25) is 0 Å². The Morgan fingerprint density at radius 1 is 1.50 bits per heavy atom. The molecule has 1 saturated carbocycles. The first-order valence-electron chi connectivity index (χ1n) is 4.27. The molecule has 1 aromatic carbocycles. The Kier molecular flexibility index (Phi) is 2.58. The lowest BCUT2D eigenvalue weighted by Crippen LogP contribution is -1.97. The van der Waals surface area contributed by atoms with Crippen molar-refractivity contribution in [3.8, 4) is 5.75 Å². The van der Waals surface area contributed by atoms with Gasteiger partial charge >= 0.3 is 0 Å². The Morgan fingerprint density at radius 2 is 2.21 bits per heavy atom. The van der Waals surface area contributed by atoms with Crippen LogP contribution in [0.3, 0.4) is 0 Å². The van der Waals surface area contributed by atoms with Crippen molar-refractivity contribution in [2.75, 3.05) is 0 Å². The summed E-state index contributed by atoms with van der Waals surface area (Å²) in [5, 5.41) is 10.5. The number of hydrogen-bond donors (Lipinski definition) is 0. The van der Waals surface area contributed by atoms with Crippen molar-refractivity contribution >= 4 is 28.3 Å². The number of ether oxygens (including phenoxy) is 1. The zero-order valence-electron chi connectivity index (χ0n) is 7.27. The van der Waals surface area contributed by atoms with Crippen LogP contribution in [0.2, 0.25) is 0 Å². The van der Waals surface area contributed by atoms with Crippen molar-refractivity contribution < 1.29 is 9.66 Å². The Balaban J connectivity index is 2.20. The molecule has 0 N–H and O–H groups in total. The molecule has 0 spiro atoms. The lowest BCUT2D eigenvalue weighted by molar-refractivity contribution is -0.385. The number of rotatable bonds is 3. The second-order valence-electron chi connectivity index (χ2n) is 3.19. The minimum absolute atomic E-state index is 0.133. The van der Waals surface area contributed by atoms with E-state index in [4.69, 9.17) is 4.74 Å². The van der Waals surface area contributed by atoms with Crippen molar-refractivity contribution in [1.82, 2.24) is 0 Å². The van der Waals surface area contributed by atoms with Crippen molar-refractivity contribution in [3.05, 3.63) is 31.9 Å². The normalized spacial score (nSPS) is 15.2. The third-order valence-corrected chi connectivity index (χ3v) is 2.81. The van der Waals surface area contributed by atoms with Crippen LogP contribution in [0.4, 0.5) is 5.69 Å². The summed E-state index contributed by atoms with van der Waals surface area (Å²) in [4.78, 5) is 10.1. The van der Waals surface area contributed by atoms with Crippen LogP contribution < -0.4 is 4.74 Å². The predicted octanol–water partition coefficient (Wildman–Crippen LogP) is 2.74. The number of nitro benzene ring substituents is 1. The molecule has 1 aliphatic carbocycles. The average Bonchev–Trinajstić information content (AvgIpc) is 2.87. The quantitative estimate of drug-likeness (QED) is 0.490. The molecule has 1 aliphatic rings. The molecule has 2 rings (SSSR count). The molecule has 1 aromatic rings. The maximum atomic E-state index is 10.5. The fraction of sp³-hybridized carbons (Fsp3) is 0.333. The van der Waals surface area contributed by atoms with Crippen LogP contribution in [0.15, 0.2) is 18.2 Å². The number of halogens is 1. The van der Waals surface area contributed by atoms with Gasteiger partial charge in [0.05, 0.1) is 14.6 Å². The van der Waals surface area contributed by atoms with Crippen LogP contribution in [0.5, 0.6) is 5.75 Å². The van der Waals surface area contributed by atoms with Crippen LogP contribution in [0, 0.1) is 13.7 Å². The van der Waals surface area contributed by atoms with Gasteiger partial charge in [0.15, 0.2) is 0 Å². The van der Waals surface area contributed by atoms with Gasteiger partial charge in [-0.05, 0) is 41.5 Å². The monoisotopic (exact) mass is 305 g/mol. The zero-order valence-corrected chi connectivity index (χ0v) is 9.43. The van der Waals surface area contributed by atoms with E-state index in [1.807, 2.05) is 22.6 Å². The van der Waals surface area contributed by atoms with Crippen molar-refractivity contribution in [2.45, 2.75) is 18.9 Å².